The van der Waals surface area contributed by atoms with Crippen molar-refractivity contribution < 1.29 is 9.59 Å². The highest BCUT2D eigenvalue weighted by Crippen LogP contribution is 2.30. The van der Waals surface area contributed by atoms with Gasteiger partial charge in [-0.3, -0.25) is 14.5 Å². The Morgan fingerprint density at radius 3 is 2.83 bits per heavy atom. The Kier molecular flexibility index (Phi) is 4.02. The minimum absolute atomic E-state index is 0.0286. The van der Waals surface area contributed by atoms with Gasteiger partial charge in [-0.2, -0.15) is 0 Å². The zero-order chi connectivity index (χ0) is 16.5. The molecule has 2 fully saturated rings. The van der Waals surface area contributed by atoms with Gasteiger partial charge in [0, 0.05) is 12.6 Å². The predicted molar refractivity (Wildman–Crippen MR) is 88.0 cm³/mol. The first-order valence-corrected chi connectivity index (χ1v) is 8.59. The highest BCUT2D eigenvalue weighted by molar-refractivity contribution is 5.97. The van der Waals surface area contributed by atoms with Crippen LogP contribution in [0.5, 0.6) is 0 Å². The summed E-state index contributed by atoms with van der Waals surface area (Å²) in [5.41, 5.74) is 1.57. The number of hydrogen-bond acceptors (Lipinski definition) is 5. The highest BCUT2D eigenvalue weighted by Gasteiger charge is 2.40. The van der Waals surface area contributed by atoms with Crippen LogP contribution in [-0.4, -0.2) is 50.8 Å². The molecule has 1 atom stereocenters. The average Bonchev–Trinajstić information content (AvgIpc) is 3.37. The Balaban J connectivity index is 1.53. The van der Waals surface area contributed by atoms with Crippen molar-refractivity contribution in [1.29, 1.82) is 0 Å². The molecule has 2 heterocycles. The van der Waals surface area contributed by atoms with Gasteiger partial charge >= 0.3 is 0 Å². The lowest BCUT2D eigenvalue weighted by atomic mass is 9.98. The number of aromatic nitrogens is 3. The number of rotatable bonds is 4. The first kappa shape index (κ1) is 15.3. The highest BCUT2D eigenvalue weighted by atomic mass is 16.2. The molecule has 0 bridgehead atoms. The molecule has 7 nitrogen and oxygen atoms in total. The smallest absolute Gasteiger partial charge is 0.251 e. The molecule has 1 saturated heterocycles. The standard InChI is InChI=1S/C17H21N5O2/c23-16(11-21-15-6-2-1-5-14(15)19-20-21)22(13-7-8-13)17(24)12-4-3-9-18-10-12/h1-2,5-6,12-13,18H,3-4,7-11H2. The van der Waals surface area contributed by atoms with E-state index in [0.29, 0.717) is 6.54 Å². The molecule has 24 heavy (non-hydrogen) atoms. The Hall–Kier alpha value is -2.28. The van der Waals surface area contributed by atoms with Gasteiger partial charge in [-0.25, -0.2) is 4.68 Å². The lowest BCUT2D eigenvalue weighted by Crippen LogP contribution is -2.47. The quantitative estimate of drug-likeness (QED) is 0.904. The van der Waals surface area contributed by atoms with Crippen molar-refractivity contribution in [2.75, 3.05) is 13.1 Å². The number of piperidine rings is 1. The lowest BCUT2D eigenvalue weighted by molar-refractivity contribution is -0.149. The number of carbonyl (C=O) groups is 2. The number of hydrogen-bond donors (Lipinski definition) is 1. The van der Waals surface area contributed by atoms with Gasteiger partial charge in [0.15, 0.2) is 0 Å². The maximum absolute atomic E-state index is 12.8. The number of nitrogens with zero attached hydrogens (tertiary/aromatic N) is 4. The number of fused-ring (bicyclic) bond motifs is 1. The molecule has 1 aromatic carbocycles. The second kappa shape index (κ2) is 6.32. The first-order valence-electron chi connectivity index (χ1n) is 8.59. The molecule has 1 aliphatic heterocycles. The van der Waals surface area contributed by atoms with Crippen molar-refractivity contribution in [3.63, 3.8) is 0 Å². The summed E-state index contributed by atoms with van der Waals surface area (Å²) in [6.07, 6.45) is 3.66. The Bertz CT molecular complexity index is 761. The Morgan fingerprint density at radius 1 is 1.25 bits per heavy atom. The minimum Gasteiger partial charge on any atom is -0.316 e. The van der Waals surface area contributed by atoms with Gasteiger partial charge in [-0.1, -0.05) is 17.3 Å². The lowest BCUT2D eigenvalue weighted by Gasteiger charge is -2.28. The normalized spacial score (nSPS) is 20.9. The molecule has 2 aliphatic rings. The predicted octanol–water partition coefficient (Wildman–Crippen LogP) is 0.948. The number of carbonyl (C=O) groups excluding carboxylic acids is 2. The van der Waals surface area contributed by atoms with Crippen LogP contribution in [-0.2, 0) is 16.1 Å². The van der Waals surface area contributed by atoms with Gasteiger partial charge in [0.05, 0.1) is 11.4 Å². The second-order valence-corrected chi connectivity index (χ2v) is 6.61. The van der Waals surface area contributed by atoms with Crippen molar-refractivity contribution in [2.24, 2.45) is 5.92 Å². The molecule has 1 saturated carbocycles. The van der Waals surface area contributed by atoms with Crippen LogP contribution in [0.4, 0.5) is 0 Å². The molecule has 1 aliphatic carbocycles. The first-order chi connectivity index (χ1) is 11.7. The van der Waals surface area contributed by atoms with E-state index in [1.165, 1.54) is 4.90 Å². The number of amides is 2. The molecular formula is C17H21N5O2. The van der Waals surface area contributed by atoms with E-state index >= 15 is 0 Å². The molecule has 2 aromatic rings. The molecule has 7 heteroatoms. The summed E-state index contributed by atoms with van der Waals surface area (Å²) in [5, 5.41) is 11.4. The van der Waals surface area contributed by atoms with E-state index in [-0.39, 0.29) is 30.3 Å². The molecule has 0 radical (unpaired) electrons. The number of nitrogens with one attached hydrogen (secondary N) is 1. The van der Waals surface area contributed by atoms with Crippen LogP contribution >= 0.6 is 0 Å². The van der Waals surface area contributed by atoms with E-state index in [9.17, 15) is 9.59 Å². The van der Waals surface area contributed by atoms with Gasteiger partial charge in [-0.05, 0) is 44.4 Å². The minimum atomic E-state index is -0.177. The van der Waals surface area contributed by atoms with E-state index in [2.05, 4.69) is 15.6 Å². The van der Waals surface area contributed by atoms with E-state index in [1.54, 1.807) is 4.68 Å². The van der Waals surface area contributed by atoms with Gasteiger partial charge in [0.2, 0.25) is 5.91 Å². The average molecular weight is 327 g/mol. The second-order valence-electron chi connectivity index (χ2n) is 6.61. The fourth-order valence-electron chi connectivity index (χ4n) is 3.34. The molecule has 1 aromatic heterocycles. The monoisotopic (exact) mass is 327 g/mol. The largest absolute Gasteiger partial charge is 0.316 e. The van der Waals surface area contributed by atoms with Crippen LogP contribution in [0.1, 0.15) is 25.7 Å². The van der Waals surface area contributed by atoms with Crippen LogP contribution in [0.25, 0.3) is 11.0 Å². The van der Waals surface area contributed by atoms with Gasteiger partial charge in [-0.15, -0.1) is 5.10 Å². The molecule has 0 spiro atoms. The molecule has 4 rings (SSSR count). The topological polar surface area (TPSA) is 80.1 Å². The number of benzene rings is 1. The van der Waals surface area contributed by atoms with Crippen molar-refractivity contribution >= 4 is 22.8 Å². The van der Waals surface area contributed by atoms with Crippen molar-refractivity contribution in [3.05, 3.63) is 24.3 Å². The molecule has 1 unspecified atom stereocenters. The zero-order valence-corrected chi connectivity index (χ0v) is 13.5. The maximum Gasteiger partial charge on any atom is 0.251 e. The van der Waals surface area contributed by atoms with Gasteiger partial charge in [0.25, 0.3) is 5.91 Å². The van der Waals surface area contributed by atoms with Crippen molar-refractivity contribution in [1.82, 2.24) is 25.2 Å². The third-order valence-electron chi connectivity index (χ3n) is 4.77. The van der Waals surface area contributed by atoms with Crippen LogP contribution in [0, 0.1) is 5.92 Å². The van der Waals surface area contributed by atoms with Crippen molar-refractivity contribution in [2.45, 2.75) is 38.3 Å². The van der Waals surface area contributed by atoms with Crippen molar-refractivity contribution in [3.8, 4) is 0 Å². The summed E-state index contributed by atoms with van der Waals surface area (Å²) in [6, 6.07) is 7.60. The van der Waals surface area contributed by atoms with E-state index < -0.39 is 0 Å². The van der Waals surface area contributed by atoms with Crippen LogP contribution in [0.3, 0.4) is 0 Å². The third kappa shape index (κ3) is 2.91. The zero-order valence-electron chi connectivity index (χ0n) is 13.5. The summed E-state index contributed by atoms with van der Waals surface area (Å²) < 4.78 is 1.58. The summed E-state index contributed by atoms with van der Waals surface area (Å²) in [5.74, 6) is -0.293. The van der Waals surface area contributed by atoms with E-state index in [0.717, 1.165) is 43.3 Å². The molecule has 1 N–H and O–H groups in total. The Labute approximate surface area is 140 Å². The summed E-state index contributed by atoms with van der Waals surface area (Å²) >= 11 is 0. The van der Waals surface area contributed by atoms with E-state index in [1.807, 2.05) is 24.3 Å². The summed E-state index contributed by atoms with van der Waals surface area (Å²) in [6.45, 7) is 1.68. The Morgan fingerprint density at radius 2 is 2.08 bits per heavy atom. The SMILES string of the molecule is O=C(Cn1nnc2ccccc21)N(C(=O)C1CCCNC1)C1CC1. The van der Waals surface area contributed by atoms with Gasteiger partial charge in [0.1, 0.15) is 12.1 Å². The number of imide groups is 1. The fourth-order valence-corrected chi connectivity index (χ4v) is 3.34. The van der Waals surface area contributed by atoms with Crippen LogP contribution in [0.15, 0.2) is 24.3 Å². The molecule has 2 amide bonds. The number of para-hydroxylation sites is 1. The molecule has 126 valence electrons. The van der Waals surface area contributed by atoms with Gasteiger partial charge < -0.3 is 5.32 Å². The van der Waals surface area contributed by atoms with Crippen LogP contribution < -0.4 is 5.32 Å². The maximum atomic E-state index is 12.8. The third-order valence-corrected chi connectivity index (χ3v) is 4.77. The summed E-state index contributed by atoms with van der Waals surface area (Å²) in [7, 11) is 0. The van der Waals surface area contributed by atoms with Crippen LogP contribution in [0.2, 0.25) is 0 Å². The fraction of sp³-hybridized carbons (Fsp3) is 0.529. The summed E-state index contributed by atoms with van der Waals surface area (Å²) in [4.78, 5) is 27.1. The molecular weight excluding hydrogens is 306 g/mol. The van der Waals surface area contributed by atoms with E-state index in [4.69, 9.17) is 0 Å².